The van der Waals surface area contributed by atoms with Crippen molar-refractivity contribution in [2.75, 3.05) is 13.2 Å². The summed E-state index contributed by atoms with van der Waals surface area (Å²) >= 11 is 0. The van der Waals surface area contributed by atoms with Gasteiger partial charge in [-0.15, -0.1) is 0 Å². The molecule has 17 heavy (non-hydrogen) atoms. The lowest BCUT2D eigenvalue weighted by Crippen LogP contribution is -2.12. The average molecular weight is 245 g/mol. The molecule has 0 aliphatic heterocycles. The highest BCUT2D eigenvalue weighted by atomic mass is 19.2. The Morgan fingerprint density at radius 3 is 2.47 bits per heavy atom. The lowest BCUT2D eigenvalue weighted by Gasteiger charge is -2.11. The molecule has 0 unspecified atom stereocenters. The van der Waals surface area contributed by atoms with Crippen LogP contribution in [0.15, 0.2) is 12.1 Å². The highest BCUT2D eigenvalue weighted by Gasteiger charge is 2.13. The third kappa shape index (κ3) is 3.94. The highest BCUT2D eigenvalue weighted by molar-refractivity contribution is 5.30. The van der Waals surface area contributed by atoms with Gasteiger partial charge in [-0.25, -0.2) is 4.39 Å². The molecule has 0 heterocycles. The van der Waals surface area contributed by atoms with Crippen LogP contribution in [0.4, 0.5) is 8.78 Å². The van der Waals surface area contributed by atoms with Gasteiger partial charge in [-0.05, 0) is 19.9 Å². The van der Waals surface area contributed by atoms with Gasteiger partial charge in [0.15, 0.2) is 11.6 Å². The Bertz CT molecular complexity index is 370. The van der Waals surface area contributed by atoms with Crippen molar-refractivity contribution >= 4 is 0 Å². The van der Waals surface area contributed by atoms with Gasteiger partial charge in [-0.1, -0.05) is 6.07 Å². The smallest absolute Gasteiger partial charge is 0.200 e. The van der Waals surface area contributed by atoms with E-state index in [-0.39, 0.29) is 30.6 Å². The Morgan fingerprint density at radius 1 is 1.18 bits per heavy atom. The van der Waals surface area contributed by atoms with Gasteiger partial charge in [0.05, 0.1) is 12.7 Å². The molecule has 1 aromatic carbocycles. The summed E-state index contributed by atoms with van der Waals surface area (Å²) in [6, 6.07) is 2.78. The molecule has 0 bridgehead atoms. The van der Waals surface area contributed by atoms with E-state index in [1.54, 1.807) is 0 Å². The van der Waals surface area contributed by atoms with E-state index < -0.39 is 11.6 Å². The summed E-state index contributed by atoms with van der Waals surface area (Å²) in [5, 5.41) is 0. The van der Waals surface area contributed by atoms with Crippen molar-refractivity contribution in [3.05, 3.63) is 29.3 Å². The maximum absolute atomic E-state index is 13.4. The molecule has 0 atom stereocenters. The van der Waals surface area contributed by atoms with Gasteiger partial charge in [0.1, 0.15) is 6.61 Å². The van der Waals surface area contributed by atoms with Gasteiger partial charge in [0.2, 0.25) is 5.82 Å². The van der Waals surface area contributed by atoms with Crippen LogP contribution in [0, 0.1) is 11.6 Å². The molecule has 0 fully saturated rings. The second kappa shape index (κ2) is 6.51. The number of halogens is 2. The van der Waals surface area contributed by atoms with Gasteiger partial charge in [0.25, 0.3) is 0 Å². The Balaban J connectivity index is 2.57. The van der Waals surface area contributed by atoms with Gasteiger partial charge >= 0.3 is 0 Å². The SMILES string of the molecule is CC(C)OCCOc1ccc(CN)c(F)c1F. The van der Waals surface area contributed by atoms with E-state index in [1.807, 2.05) is 13.8 Å². The van der Waals surface area contributed by atoms with E-state index in [0.717, 1.165) is 0 Å². The van der Waals surface area contributed by atoms with Crippen molar-refractivity contribution in [3.8, 4) is 5.75 Å². The topological polar surface area (TPSA) is 44.5 Å². The van der Waals surface area contributed by atoms with Crippen LogP contribution >= 0.6 is 0 Å². The first-order valence-corrected chi connectivity index (χ1v) is 5.47. The number of rotatable bonds is 6. The van der Waals surface area contributed by atoms with Crippen LogP contribution in [-0.4, -0.2) is 19.3 Å². The van der Waals surface area contributed by atoms with Crippen molar-refractivity contribution < 1.29 is 18.3 Å². The molecule has 0 spiro atoms. The molecule has 0 aliphatic carbocycles. The summed E-state index contributed by atoms with van der Waals surface area (Å²) in [5.74, 6) is -2.07. The van der Waals surface area contributed by atoms with Gasteiger partial charge in [0, 0.05) is 12.1 Å². The Morgan fingerprint density at radius 2 is 1.88 bits per heavy atom. The van der Waals surface area contributed by atoms with Gasteiger partial charge in [-0.2, -0.15) is 4.39 Å². The molecule has 0 aliphatic rings. The van der Waals surface area contributed by atoms with E-state index >= 15 is 0 Å². The summed E-state index contributed by atoms with van der Waals surface area (Å²) in [5.41, 5.74) is 5.39. The Labute approximate surface area is 99.5 Å². The molecule has 0 aromatic heterocycles. The zero-order valence-electron chi connectivity index (χ0n) is 10.0. The zero-order chi connectivity index (χ0) is 12.8. The number of benzene rings is 1. The predicted molar refractivity (Wildman–Crippen MR) is 60.8 cm³/mol. The predicted octanol–water partition coefficient (Wildman–Crippen LogP) is 2.23. The fourth-order valence-corrected chi connectivity index (χ4v) is 1.28. The Hall–Kier alpha value is -1.20. The van der Waals surface area contributed by atoms with E-state index in [9.17, 15) is 8.78 Å². The fourth-order valence-electron chi connectivity index (χ4n) is 1.28. The minimum Gasteiger partial charge on any atom is -0.488 e. The van der Waals surface area contributed by atoms with Crippen molar-refractivity contribution in [2.24, 2.45) is 5.73 Å². The number of ether oxygens (including phenoxy) is 2. The molecule has 0 radical (unpaired) electrons. The lowest BCUT2D eigenvalue weighted by atomic mass is 10.2. The van der Waals surface area contributed by atoms with Gasteiger partial charge in [-0.3, -0.25) is 0 Å². The molecule has 1 rings (SSSR count). The van der Waals surface area contributed by atoms with Crippen LogP contribution in [0.5, 0.6) is 5.75 Å². The van der Waals surface area contributed by atoms with Crippen molar-refractivity contribution in [1.82, 2.24) is 0 Å². The van der Waals surface area contributed by atoms with Gasteiger partial charge < -0.3 is 15.2 Å². The second-order valence-corrected chi connectivity index (χ2v) is 3.82. The highest BCUT2D eigenvalue weighted by Crippen LogP contribution is 2.22. The molecule has 0 amide bonds. The summed E-state index contributed by atoms with van der Waals surface area (Å²) < 4.78 is 37.1. The average Bonchev–Trinajstić information content (AvgIpc) is 2.29. The van der Waals surface area contributed by atoms with E-state index in [2.05, 4.69) is 0 Å². The second-order valence-electron chi connectivity index (χ2n) is 3.82. The lowest BCUT2D eigenvalue weighted by molar-refractivity contribution is 0.0542. The molecule has 0 saturated heterocycles. The van der Waals surface area contributed by atoms with Crippen LogP contribution in [0.1, 0.15) is 19.4 Å². The molecule has 3 nitrogen and oxygen atoms in total. The molecule has 0 saturated carbocycles. The molecule has 2 N–H and O–H groups in total. The first-order chi connectivity index (χ1) is 8.06. The molecule has 5 heteroatoms. The summed E-state index contributed by atoms with van der Waals surface area (Å²) in [6.45, 7) is 4.24. The van der Waals surface area contributed by atoms with E-state index in [1.165, 1.54) is 12.1 Å². The van der Waals surface area contributed by atoms with Crippen LogP contribution < -0.4 is 10.5 Å². The summed E-state index contributed by atoms with van der Waals surface area (Å²) in [6.07, 6.45) is 0.0831. The third-order valence-corrected chi connectivity index (χ3v) is 2.14. The van der Waals surface area contributed by atoms with Crippen LogP contribution in [0.2, 0.25) is 0 Å². The first-order valence-electron chi connectivity index (χ1n) is 5.47. The fraction of sp³-hybridized carbons (Fsp3) is 0.500. The first kappa shape index (κ1) is 13.9. The summed E-state index contributed by atoms with van der Waals surface area (Å²) in [4.78, 5) is 0. The maximum atomic E-state index is 13.4. The number of hydrogen-bond donors (Lipinski definition) is 1. The van der Waals surface area contributed by atoms with Crippen molar-refractivity contribution in [3.63, 3.8) is 0 Å². The number of nitrogens with two attached hydrogens (primary N) is 1. The Kier molecular flexibility index (Phi) is 5.31. The van der Waals surface area contributed by atoms with Crippen molar-refractivity contribution in [1.29, 1.82) is 0 Å². The van der Waals surface area contributed by atoms with Crippen LogP contribution in [0.25, 0.3) is 0 Å². The zero-order valence-corrected chi connectivity index (χ0v) is 10.0. The van der Waals surface area contributed by atoms with E-state index in [4.69, 9.17) is 15.2 Å². The minimum atomic E-state index is -1.00. The molecular weight excluding hydrogens is 228 g/mol. The third-order valence-electron chi connectivity index (χ3n) is 2.14. The van der Waals surface area contributed by atoms with E-state index in [0.29, 0.717) is 6.61 Å². The molecule has 96 valence electrons. The standard InChI is InChI=1S/C12H17F2NO2/c1-8(2)16-5-6-17-10-4-3-9(7-15)11(13)12(10)14/h3-4,8H,5-7,15H2,1-2H3. The van der Waals surface area contributed by atoms with Crippen molar-refractivity contribution in [2.45, 2.75) is 26.5 Å². The quantitative estimate of drug-likeness (QED) is 0.782. The summed E-state index contributed by atoms with van der Waals surface area (Å²) in [7, 11) is 0. The van der Waals surface area contributed by atoms with Crippen LogP contribution in [-0.2, 0) is 11.3 Å². The minimum absolute atomic E-state index is 0.0422. The normalized spacial score (nSPS) is 10.9. The monoisotopic (exact) mass is 245 g/mol. The largest absolute Gasteiger partial charge is 0.488 e. The molecular formula is C12H17F2NO2. The molecule has 1 aromatic rings. The number of hydrogen-bond acceptors (Lipinski definition) is 3. The van der Waals surface area contributed by atoms with Crippen LogP contribution in [0.3, 0.4) is 0 Å². The maximum Gasteiger partial charge on any atom is 0.200 e.